The second kappa shape index (κ2) is 8.61. The molecule has 2 fully saturated rings. The van der Waals surface area contributed by atoms with Gasteiger partial charge in [0, 0.05) is 43.8 Å². The molecule has 9 heteroatoms. The van der Waals surface area contributed by atoms with Crippen molar-refractivity contribution in [2.45, 2.75) is 37.8 Å². The van der Waals surface area contributed by atoms with E-state index in [9.17, 15) is 4.39 Å². The van der Waals surface area contributed by atoms with Crippen molar-refractivity contribution in [2.24, 2.45) is 0 Å². The van der Waals surface area contributed by atoms with Crippen LogP contribution in [0.2, 0.25) is 0 Å². The van der Waals surface area contributed by atoms with Crippen LogP contribution in [0.3, 0.4) is 0 Å². The molecule has 1 aliphatic heterocycles. The number of anilines is 2. The van der Waals surface area contributed by atoms with Crippen molar-refractivity contribution in [2.75, 3.05) is 44.7 Å². The molecule has 1 saturated heterocycles. The maximum atomic E-state index is 14.3. The molecule has 0 radical (unpaired) electrons. The highest BCUT2D eigenvalue weighted by atomic mass is 79.9. The first kappa shape index (κ1) is 21.6. The standard InChI is InChI=1S/C23H29BrFN7/c1-30-8-10-31(11-9-30)15-3-5-16(6-4-15)32-21(24)19(14-2-7-18(26)17(25)12-14)20-22(27)28-13-29-23(20)32/h2,7,12-13,15-16H,3-6,8-11,26H2,1H3,(H2,27,28,29). The van der Waals surface area contributed by atoms with E-state index < -0.39 is 5.82 Å². The van der Waals surface area contributed by atoms with Crippen molar-refractivity contribution >= 4 is 38.5 Å². The molecule has 0 bridgehead atoms. The molecule has 0 amide bonds. The predicted octanol–water partition coefficient (Wildman–Crippen LogP) is 3.90. The molecule has 1 aromatic carbocycles. The molecule has 0 unspecified atom stereocenters. The summed E-state index contributed by atoms with van der Waals surface area (Å²) in [6.45, 7) is 4.59. The van der Waals surface area contributed by atoms with Gasteiger partial charge in [0.05, 0.1) is 15.7 Å². The van der Waals surface area contributed by atoms with Crippen LogP contribution < -0.4 is 11.5 Å². The fraction of sp³-hybridized carbons (Fsp3) is 0.478. The monoisotopic (exact) mass is 501 g/mol. The number of likely N-dealkylation sites (N-methyl/N-ethyl adjacent to an activating group) is 1. The number of fused-ring (bicyclic) bond motifs is 1. The molecule has 3 heterocycles. The number of nitrogen functional groups attached to an aromatic ring is 2. The van der Waals surface area contributed by atoms with E-state index in [0.717, 1.165) is 73.1 Å². The van der Waals surface area contributed by atoms with Crippen molar-refractivity contribution in [1.82, 2.24) is 24.3 Å². The number of nitrogens with zero attached hydrogens (tertiary/aromatic N) is 5. The summed E-state index contributed by atoms with van der Waals surface area (Å²) >= 11 is 3.81. The van der Waals surface area contributed by atoms with E-state index in [1.807, 2.05) is 6.07 Å². The molecular weight excluding hydrogens is 473 g/mol. The Hall–Kier alpha value is -2.23. The summed E-state index contributed by atoms with van der Waals surface area (Å²) in [6, 6.07) is 5.80. The van der Waals surface area contributed by atoms with Gasteiger partial charge in [-0.05, 0) is 66.4 Å². The number of aromatic nitrogens is 3. The second-order valence-corrected chi connectivity index (χ2v) is 9.78. The van der Waals surface area contributed by atoms with Crippen molar-refractivity contribution < 1.29 is 4.39 Å². The Kier molecular flexibility index (Phi) is 5.81. The molecule has 0 atom stereocenters. The van der Waals surface area contributed by atoms with Gasteiger partial charge in [0.25, 0.3) is 0 Å². The number of rotatable bonds is 3. The van der Waals surface area contributed by atoms with Crippen LogP contribution in [0, 0.1) is 5.82 Å². The second-order valence-electron chi connectivity index (χ2n) is 9.03. The van der Waals surface area contributed by atoms with Crippen LogP contribution in [0.5, 0.6) is 0 Å². The first-order valence-electron chi connectivity index (χ1n) is 11.2. The Morgan fingerprint density at radius 3 is 2.38 bits per heavy atom. The van der Waals surface area contributed by atoms with E-state index >= 15 is 0 Å². The van der Waals surface area contributed by atoms with Gasteiger partial charge in [0.15, 0.2) is 0 Å². The van der Waals surface area contributed by atoms with Gasteiger partial charge in [0.1, 0.15) is 23.6 Å². The molecular formula is C23H29BrFN7. The molecule has 1 saturated carbocycles. The summed E-state index contributed by atoms with van der Waals surface area (Å²) in [6.07, 6.45) is 5.96. The topological polar surface area (TPSA) is 89.2 Å². The fourth-order valence-electron chi connectivity index (χ4n) is 5.28. The molecule has 2 aliphatic rings. The lowest BCUT2D eigenvalue weighted by Gasteiger charge is -2.41. The lowest BCUT2D eigenvalue weighted by molar-refractivity contribution is 0.0826. The van der Waals surface area contributed by atoms with E-state index in [2.05, 4.69) is 47.3 Å². The smallest absolute Gasteiger partial charge is 0.147 e. The lowest BCUT2D eigenvalue weighted by Crippen LogP contribution is -2.49. The van der Waals surface area contributed by atoms with Crippen molar-refractivity contribution in [3.8, 4) is 11.1 Å². The van der Waals surface area contributed by atoms with Gasteiger partial charge >= 0.3 is 0 Å². The summed E-state index contributed by atoms with van der Waals surface area (Å²) in [7, 11) is 2.20. The van der Waals surface area contributed by atoms with Crippen LogP contribution >= 0.6 is 15.9 Å². The number of halogens is 2. The molecule has 2 aromatic heterocycles. The molecule has 3 aromatic rings. The zero-order valence-corrected chi connectivity index (χ0v) is 19.9. The predicted molar refractivity (Wildman–Crippen MR) is 130 cm³/mol. The van der Waals surface area contributed by atoms with E-state index in [4.69, 9.17) is 11.5 Å². The molecule has 0 spiro atoms. The van der Waals surface area contributed by atoms with E-state index in [1.165, 1.54) is 12.4 Å². The highest BCUT2D eigenvalue weighted by Gasteiger charge is 2.31. The average molecular weight is 502 g/mol. The van der Waals surface area contributed by atoms with Crippen molar-refractivity contribution in [3.05, 3.63) is 34.9 Å². The van der Waals surface area contributed by atoms with Gasteiger partial charge in [0.2, 0.25) is 0 Å². The highest BCUT2D eigenvalue weighted by Crippen LogP contribution is 2.44. The summed E-state index contributed by atoms with van der Waals surface area (Å²) in [5.41, 5.74) is 14.4. The number of nitrogens with two attached hydrogens (primary N) is 2. The fourth-order valence-corrected chi connectivity index (χ4v) is 6.16. The van der Waals surface area contributed by atoms with Gasteiger partial charge < -0.3 is 20.9 Å². The minimum absolute atomic E-state index is 0.125. The van der Waals surface area contributed by atoms with Crippen LogP contribution in [0.15, 0.2) is 29.1 Å². The van der Waals surface area contributed by atoms with Crippen LogP contribution in [-0.4, -0.2) is 63.6 Å². The maximum absolute atomic E-state index is 14.3. The Balaban J connectivity index is 1.48. The molecule has 7 nitrogen and oxygen atoms in total. The Bertz CT molecular complexity index is 1130. The third-order valence-electron chi connectivity index (χ3n) is 7.13. The van der Waals surface area contributed by atoms with Crippen LogP contribution in [-0.2, 0) is 0 Å². The number of piperazine rings is 1. The first-order valence-corrected chi connectivity index (χ1v) is 12.0. The molecule has 4 N–H and O–H groups in total. The van der Waals surface area contributed by atoms with Gasteiger partial charge in [-0.1, -0.05) is 6.07 Å². The minimum Gasteiger partial charge on any atom is -0.396 e. The van der Waals surface area contributed by atoms with Gasteiger partial charge in [-0.15, -0.1) is 0 Å². The first-order chi connectivity index (χ1) is 15.4. The van der Waals surface area contributed by atoms with E-state index in [1.54, 1.807) is 6.07 Å². The maximum Gasteiger partial charge on any atom is 0.147 e. The molecule has 5 rings (SSSR count). The third-order valence-corrected chi connectivity index (χ3v) is 7.91. The van der Waals surface area contributed by atoms with Crippen LogP contribution in [0.4, 0.5) is 15.9 Å². The van der Waals surface area contributed by atoms with E-state index in [0.29, 0.717) is 23.5 Å². The Morgan fingerprint density at radius 1 is 1.00 bits per heavy atom. The van der Waals surface area contributed by atoms with Crippen molar-refractivity contribution in [1.29, 1.82) is 0 Å². The van der Waals surface area contributed by atoms with Crippen molar-refractivity contribution in [3.63, 3.8) is 0 Å². The number of benzene rings is 1. The van der Waals surface area contributed by atoms with Gasteiger partial charge in [-0.2, -0.15) is 0 Å². The zero-order valence-electron chi connectivity index (χ0n) is 18.3. The van der Waals surface area contributed by atoms with Gasteiger partial charge in [-0.25, -0.2) is 14.4 Å². The number of hydrogen-bond acceptors (Lipinski definition) is 6. The quantitative estimate of drug-likeness (QED) is 0.529. The third kappa shape index (κ3) is 3.76. The molecule has 32 heavy (non-hydrogen) atoms. The zero-order chi connectivity index (χ0) is 22.4. The molecule has 1 aliphatic carbocycles. The van der Waals surface area contributed by atoms with Crippen LogP contribution in [0.25, 0.3) is 22.2 Å². The number of hydrogen-bond donors (Lipinski definition) is 2. The lowest BCUT2D eigenvalue weighted by atomic mass is 9.89. The molecule has 170 valence electrons. The van der Waals surface area contributed by atoms with Gasteiger partial charge in [-0.3, -0.25) is 4.90 Å². The highest BCUT2D eigenvalue weighted by molar-refractivity contribution is 9.10. The Morgan fingerprint density at radius 2 is 1.69 bits per heavy atom. The summed E-state index contributed by atoms with van der Waals surface area (Å²) < 4.78 is 17.4. The normalized spacial score (nSPS) is 23.1. The van der Waals surface area contributed by atoms with E-state index in [-0.39, 0.29) is 5.69 Å². The summed E-state index contributed by atoms with van der Waals surface area (Å²) in [5.74, 6) is -0.0498. The summed E-state index contributed by atoms with van der Waals surface area (Å²) in [5, 5.41) is 0.754. The van der Waals surface area contributed by atoms with Crippen LogP contribution in [0.1, 0.15) is 31.7 Å². The largest absolute Gasteiger partial charge is 0.396 e. The SMILES string of the molecule is CN1CCN(C2CCC(n3c(Br)c(-c4ccc(N)c(F)c4)c4c(N)ncnc43)CC2)CC1. The average Bonchev–Trinajstić information content (AvgIpc) is 3.09. The summed E-state index contributed by atoms with van der Waals surface area (Å²) in [4.78, 5) is 13.9. The minimum atomic E-state index is -0.446. The Labute approximate surface area is 195 Å².